The van der Waals surface area contributed by atoms with Crippen LogP contribution in [0.3, 0.4) is 0 Å². The Balaban J connectivity index is 2.33. The molecule has 0 fully saturated rings. The van der Waals surface area contributed by atoms with Gasteiger partial charge in [-0.25, -0.2) is 8.42 Å². The number of sulfonamides is 2. The SMILES string of the molecule is CO/C(=N/N(C)S(=O)(=O)c1ccc([N+](=O)[O-])cc1)[C@H](C)N(C)S(=O)(=O)c1ccc([N+](=O)[O-])cc1. The molecule has 0 unspecified atom stereocenters. The van der Waals surface area contributed by atoms with Gasteiger partial charge in [0.05, 0.1) is 32.8 Å². The predicted molar refractivity (Wildman–Crippen MR) is 120 cm³/mol. The van der Waals surface area contributed by atoms with Crippen molar-refractivity contribution in [3.63, 3.8) is 0 Å². The predicted octanol–water partition coefficient (Wildman–Crippen LogP) is 1.79. The first kappa shape index (κ1) is 26.6. The highest BCUT2D eigenvalue weighted by molar-refractivity contribution is 7.89. The van der Waals surface area contributed by atoms with E-state index in [-0.39, 0.29) is 27.1 Å². The van der Waals surface area contributed by atoms with E-state index in [1.54, 1.807) is 0 Å². The molecule has 34 heavy (non-hydrogen) atoms. The van der Waals surface area contributed by atoms with Gasteiger partial charge in [-0.15, -0.1) is 5.10 Å². The highest BCUT2D eigenvalue weighted by Crippen LogP contribution is 2.22. The third-order valence-corrected chi connectivity index (χ3v) is 8.36. The third-order valence-electron chi connectivity index (χ3n) is 4.77. The van der Waals surface area contributed by atoms with E-state index in [0.29, 0.717) is 4.41 Å². The largest absolute Gasteiger partial charge is 0.482 e. The third kappa shape index (κ3) is 5.46. The molecule has 0 saturated carbocycles. The van der Waals surface area contributed by atoms with Crippen molar-refractivity contribution < 1.29 is 31.4 Å². The van der Waals surface area contributed by atoms with Gasteiger partial charge in [-0.05, 0) is 31.2 Å². The van der Waals surface area contributed by atoms with Crippen LogP contribution in [0.1, 0.15) is 6.92 Å². The molecule has 184 valence electrons. The van der Waals surface area contributed by atoms with E-state index >= 15 is 0 Å². The maximum atomic E-state index is 12.9. The summed E-state index contributed by atoms with van der Waals surface area (Å²) in [5, 5.41) is 25.4. The molecule has 2 aromatic carbocycles. The van der Waals surface area contributed by atoms with Gasteiger partial charge in [-0.3, -0.25) is 20.2 Å². The second kappa shape index (κ2) is 10.1. The summed E-state index contributed by atoms with van der Waals surface area (Å²) in [6.07, 6.45) is 0. The van der Waals surface area contributed by atoms with Crippen LogP contribution < -0.4 is 0 Å². The van der Waals surface area contributed by atoms with E-state index in [1.165, 1.54) is 21.1 Å². The molecule has 0 radical (unpaired) electrons. The number of hydrazone groups is 1. The number of nitro groups is 2. The minimum atomic E-state index is -4.23. The minimum Gasteiger partial charge on any atom is -0.482 e. The van der Waals surface area contributed by atoms with Crippen molar-refractivity contribution in [2.45, 2.75) is 22.8 Å². The number of methoxy groups -OCH3 is 1. The molecule has 14 nitrogen and oxygen atoms in total. The van der Waals surface area contributed by atoms with Gasteiger partial charge in [0.2, 0.25) is 15.9 Å². The molecule has 0 spiro atoms. The van der Waals surface area contributed by atoms with Crippen LogP contribution in [0.15, 0.2) is 63.4 Å². The zero-order valence-electron chi connectivity index (χ0n) is 18.4. The van der Waals surface area contributed by atoms with Gasteiger partial charge in [0.15, 0.2) is 0 Å². The maximum absolute atomic E-state index is 12.9. The normalized spacial score (nSPS) is 13.4. The van der Waals surface area contributed by atoms with Crippen LogP contribution >= 0.6 is 0 Å². The first-order valence-corrected chi connectivity index (χ1v) is 12.2. The van der Waals surface area contributed by atoms with Crippen LogP contribution in [-0.4, -0.2) is 68.5 Å². The first-order chi connectivity index (χ1) is 15.7. The molecule has 0 heterocycles. The van der Waals surface area contributed by atoms with E-state index in [4.69, 9.17) is 4.74 Å². The lowest BCUT2D eigenvalue weighted by atomic mass is 10.3. The van der Waals surface area contributed by atoms with Crippen LogP contribution in [0, 0.1) is 20.2 Å². The number of nitro benzene ring substituents is 2. The number of non-ortho nitro benzene ring substituents is 2. The number of benzene rings is 2. The standard InChI is InChI=1S/C18H21N5O9S2/c1-13(20(2)33(28,29)16-9-5-14(6-10-16)22(24)25)18(32-4)19-21(3)34(30,31)17-11-7-15(8-12-17)23(26)27/h5-13H,1-4H3/b19-18+/t13-/m0/s1. The van der Waals surface area contributed by atoms with E-state index in [1.807, 2.05) is 0 Å². The summed E-state index contributed by atoms with van der Waals surface area (Å²) in [6, 6.07) is 7.28. The first-order valence-electron chi connectivity index (χ1n) is 9.31. The van der Waals surface area contributed by atoms with Crippen molar-refractivity contribution >= 4 is 37.3 Å². The fourth-order valence-electron chi connectivity index (χ4n) is 2.65. The second-order valence-electron chi connectivity index (χ2n) is 6.78. The summed E-state index contributed by atoms with van der Waals surface area (Å²) in [4.78, 5) is 19.7. The van der Waals surface area contributed by atoms with Crippen molar-refractivity contribution in [1.29, 1.82) is 0 Å². The Kier molecular flexibility index (Phi) is 7.91. The Hall–Kier alpha value is -3.63. The Bertz CT molecular complexity index is 1310. The number of likely N-dealkylation sites (N-methyl/N-ethyl adjacent to an activating group) is 1. The molecule has 16 heteroatoms. The van der Waals surface area contributed by atoms with Crippen molar-refractivity contribution in [2.75, 3.05) is 21.2 Å². The average molecular weight is 516 g/mol. The quantitative estimate of drug-likeness (QED) is 0.208. The topological polar surface area (TPSA) is 183 Å². The van der Waals surface area contributed by atoms with Crippen LogP contribution in [0.5, 0.6) is 0 Å². The van der Waals surface area contributed by atoms with Crippen molar-refractivity contribution in [3.05, 3.63) is 68.8 Å². The number of rotatable bonds is 9. The Labute approximate surface area is 195 Å². The Morgan fingerprint density at radius 2 is 1.24 bits per heavy atom. The Morgan fingerprint density at radius 3 is 1.59 bits per heavy atom. The van der Waals surface area contributed by atoms with E-state index in [0.717, 1.165) is 59.9 Å². The van der Waals surface area contributed by atoms with Crippen molar-refractivity contribution in [2.24, 2.45) is 5.10 Å². The van der Waals surface area contributed by atoms with E-state index < -0.39 is 35.9 Å². The summed E-state index contributed by atoms with van der Waals surface area (Å²) in [5.74, 6) is -0.277. The highest BCUT2D eigenvalue weighted by atomic mass is 32.2. The lowest BCUT2D eigenvalue weighted by Gasteiger charge is -2.25. The summed E-state index contributed by atoms with van der Waals surface area (Å²) in [5.41, 5.74) is -0.582. The van der Waals surface area contributed by atoms with Gasteiger partial charge in [0.25, 0.3) is 21.4 Å². The molecule has 0 aliphatic rings. The highest BCUT2D eigenvalue weighted by Gasteiger charge is 2.31. The molecule has 0 bridgehead atoms. The summed E-state index contributed by atoms with van der Waals surface area (Å²) in [7, 11) is -4.91. The van der Waals surface area contributed by atoms with Crippen LogP contribution in [0.4, 0.5) is 11.4 Å². The van der Waals surface area contributed by atoms with Gasteiger partial charge in [0.1, 0.15) is 0 Å². The van der Waals surface area contributed by atoms with E-state index in [2.05, 4.69) is 5.10 Å². The average Bonchev–Trinajstić information content (AvgIpc) is 2.81. The lowest BCUT2D eigenvalue weighted by molar-refractivity contribution is -0.385. The lowest BCUT2D eigenvalue weighted by Crippen LogP contribution is -2.42. The molecule has 0 aliphatic heterocycles. The molecular weight excluding hydrogens is 494 g/mol. The molecule has 0 aliphatic carbocycles. The summed E-state index contributed by atoms with van der Waals surface area (Å²) < 4.78 is 57.9. The van der Waals surface area contributed by atoms with Crippen LogP contribution in [-0.2, 0) is 24.8 Å². The molecule has 2 rings (SSSR count). The van der Waals surface area contributed by atoms with Crippen LogP contribution in [0.2, 0.25) is 0 Å². The monoisotopic (exact) mass is 515 g/mol. The zero-order valence-corrected chi connectivity index (χ0v) is 20.1. The smallest absolute Gasteiger partial charge is 0.278 e. The van der Waals surface area contributed by atoms with Crippen LogP contribution in [0.25, 0.3) is 0 Å². The van der Waals surface area contributed by atoms with E-state index in [9.17, 15) is 37.1 Å². The van der Waals surface area contributed by atoms with Gasteiger partial charge < -0.3 is 4.74 Å². The van der Waals surface area contributed by atoms with Gasteiger partial charge in [-0.1, -0.05) is 0 Å². The maximum Gasteiger partial charge on any atom is 0.278 e. The molecule has 2 aromatic rings. The fraction of sp³-hybridized carbons (Fsp3) is 0.278. The molecular formula is C18H21N5O9S2. The number of nitrogens with zero attached hydrogens (tertiary/aromatic N) is 5. The molecule has 0 amide bonds. The van der Waals surface area contributed by atoms with Gasteiger partial charge in [-0.2, -0.15) is 17.1 Å². The number of hydrogen-bond acceptors (Lipinski definition) is 10. The zero-order chi connectivity index (χ0) is 25.8. The summed E-state index contributed by atoms with van der Waals surface area (Å²) >= 11 is 0. The van der Waals surface area contributed by atoms with Crippen molar-refractivity contribution in [3.8, 4) is 0 Å². The second-order valence-corrected chi connectivity index (χ2v) is 10.7. The number of ether oxygens (including phenoxy) is 1. The minimum absolute atomic E-state index is 0.227. The van der Waals surface area contributed by atoms with Crippen molar-refractivity contribution in [1.82, 2.24) is 8.72 Å². The Morgan fingerprint density at radius 1 is 0.853 bits per heavy atom. The molecule has 1 atom stereocenters. The molecule has 0 N–H and O–H groups in total. The number of hydrogen-bond donors (Lipinski definition) is 0. The molecule has 0 saturated heterocycles. The van der Waals surface area contributed by atoms with Gasteiger partial charge in [0, 0.05) is 38.4 Å². The molecule has 0 aromatic heterocycles. The fourth-order valence-corrected chi connectivity index (χ4v) is 4.94. The van der Waals surface area contributed by atoms with Gasteiger partial charge >= 0.3 is 0 Å². The summed E-state index contributed by atoms with van der Waals surface area (Å²) in [6.45, 7) is 1.40.